The van der Waals surface area contributed by atoms with Crippen molar-refractivity contribution in [3.63, 3.8) is 0 Å². The molecular formula is C14H11BrClN5. The monoisotopic (exact) mass is 363 g/mol. The van der Waals surface area contributed by atoms with Gasteiger partial charge in [0.25, 0.3) is 0 Å². The van der Waals surface area contributed by atoms with Crippen LogP contribution in [0.15, 0.2) is 40.9 Å². The minimum absolute atomic E-state index is 0.588. The molecule has 106 valence electrons. The maximum Gasteiger partial charge on any atom is 0.187 e. The quantitative estimate of drug-likeness (QED) is 0.705. The lowest BCUT2D eigenvalue weighted by Gasteiger charge is -2.10. The number of hydrogen-bond donors (Lipinski definition) is 1. The SMILES string of the molecule is Cc1cccc(Cl)c1-n1nnnc1-c1ccc(Br)c(N)c1. The van der Waals surface area contributed by atoms with Gasteiger partial charge in [0.1, 0.15) is 0 Å². The molecule has 3 rings (SSSR count). The number of nitrogens with zero attached hydrogens (tertiary/aromatic N) is 4. The number of nitrogens with two attached hydrogens (primary N) is 1. The van der Waals surface area contributed by atoms with E-state index in [9.17, 15) is 0 Å². The van der Waals surface area contributed by atoms with Gasteiger partial charge >= 0.3 is 0 Å². The zero-order chi connectivity index (χ0) is 15.0. The first-order chi connectivity index (χ1) is 10.1. The Morgan fingerprint density at radius 1 is 1.24 bits per heavy atom. The Morgan fingerprint density at radius 3 is 2.76 bits per heavy atom. The van der Waals surface area contributed by atoms with Crippen LogP contribution in [-0.2, 0) is 0 Å². The number of anilines is 1. The fraction of sp³-hybridized carbons (Fsp3) is 0.0714. The van der Waals surface area contributed by atoms with Gasteiger partial charge in [0, 0.05) is 15.7 Å². The van der Waals surface area contributed by atoms with E-state index >= 15 is 0 Å². The Morgan fingerprint density at radius 2 is 2.05 bits per heavy atom. The first kappa shape index (κ1) is 14.0. The topological polar surface area (TPSA) is 69.6 Å². The van der Waals surface area contributed by atoms with Gasteiger partial charge in [-0.15, -0.1) is 5.10 Å². The van der Waals surface area contributed by atoms with Gasteiger partial charge in [0.15, 0.2) is 5.82 Å². The van der Waals surface area contributed by atoms with Crippen molar-refractivity contribution >= 4 is 33.2 Å². The summed E-state index contributed by atoms with van der Waals surface area (Å²) in [5.74, 6) is 0.588. The van der Waals surface area contributed by atoms with Gasteiger partial charge in [-0.2, -0.15) is 4.68 Å². The van der Waals surface area contributed by atoms with Crippen LogP contribution in [0.25, 0.3) is 17.1 Å². The highest BCUT2D eigenvalue weighted by Gasteiger charge is 2.15. The summed E-state index contributed by atoms with van der Waals surface area (Å²) in [5.41, 5.74) is 9.12. The molecule has 0 unspecified atom stereocenters. The number of hydrogen-bond acceptors (Lipinski definition) is 4. The molecule has 0 saturated heterocycles. The number of aromatic nitrogens is 4. The number of halogens is 2. The lowest BCUT2D eigenvalue weighted by atomic mass is 10.1. The Labute approximate surface area is 134 Å². The van der Waals surface area contributed by atoms with Crippen LogP contribution in [0.2, 0.25) is 5.02 Å². The molecule has 0 aliphatic rings. The number of para-hydroxylation sites is 1. The third-order valence-corrected chi connectivity index (χ3v) is 4.15. The Bertz CT molecular complexity index is 795. The van der Waals surface area contributed by atoms with Gasteiger partial charge in [-0.1, -0.05) is 23.7 Å². The molecule has 0 fully saturated rings. The first-order valence-electron chi connectivity index (χ1n) is 6.17. The van der Waals surface area contributed by atoms with Crippen molar-refractivity contribution < 1.29 is 0 Å². The van der Waals surface area contributed by atoms with Crippen molar-refractivity contribution in [2.45, 2.75) is 6.92 Å². The zero-order valence-corrected chi connectivity index (χ0v) is 13.4. The molecule has 2 N–H and O–H groups in total. The van der Waals surface area contributed by atoms with Crippen molar-refractivity contribution in [2.75, 3.05) is 5.73 Å². The van der Waals surface area contributed by atoms with E-state index in [1.54, 1.807) is 4.68 Å². The maximum absolute atomic E-state index is 6.29. The highest BCUT2D eigenvalue weighted by atomic mass is 79.9. The molecule has 0 saturated carbocycles. The lowest BCUT2D eigenvalue weighted by molar-refractivity contribution is 0.787. The standard InChI is InChI=1S/C14H11BrClN5/c1-8-3-2-4-11(16)13(8)21-14(18-19-20-21)9-5-6-10(15)12(17)7-9/h2-7H,17H2,1H3. The van der Waals surface area contributed by atoms with Gasteiger partial charge < -0.3 is 5.73 Å². The van der Waals surface area contributed by atoms with Crippen molar-refractivity contribution in [3.05, 3.63) is 51.5 Å². The third-order valence-electron chi connectivity index (χ3n) is 3.12. The Hall–Kier alpha value is -1.92. The molecule has 0 spiro atoms. The highest BCUT2D eigenvalue weighted by molar-refractivity contribution is 9.10. The van der Waals surface area contributed by atoms with Crippen LogP contribution in [0.3, 0.4) is 0 Å². The average molecular weight is 365 g/mol. The molecule has 0 atom stereocenters. The average Bonchev–Trinajstić information content (AvgIpc) is 2.91. The van der Waals surface area contributed by atoms with E-state index in [4.69, 9.17) is 17.3 Å². The van der Waals surface area contributed by atoms with Crippen molar-refractivity contribution in [3.8, 4) is 17.1 Å². The van der Waals surface area contributed by atoms with Crippen LogP contribution in [0.4, 0.5) is 5.69 Å². The molecule has 21 heavy (non-hydrogen) atoms. The van der Waals surface area contributed by atoms with Gasteiger partial charge in [-0.3, -0.25) is 0 Å². The normalized spacial score (nSPS) is 10.8. The number of aryl methyl sites for hydroxylation is 1. The summed E-state index contributed by atoms with van der Waals surface area (Å²) >= 11 is 9.66. The van der Waals surface area contributed by atoms with Gasteiger partial charge in [0.2, 0.25) is 0 Å². The van der Waals surface area contributed by atoms with E-state index < -0.39 is 0 Å². The molecule has 7 heteroatoms. The molecular weight excluding hydrogens is 354 g/mol. The van der Waals surface area contributed by atoms with Crippen LogP contribution in [0.1, 0.15) is 5.56 Å². The summed E-state index contributed by atoms with van der Waals surface area (Å²) in [4.78, 5) is 0. The maximum atomic E-state index is 6.29. The van der Waals surface area contributed by atoms with E-state index in [0.717, 1.165) is 21.3 Å². The third kappa shape index (κ3) is 2.52. The van der Waals surface area contributed by atoms with E-state index in [0.29, 0.717) is 16.5 Å². The summed E-state index contributed by atoms with van der Waals surface area (Å²) in [6.45, 7) is 1.96. The minimum atomic E-state index is 0.588. The van der Waals surface area contributed by atoms with Crippen molar-refractivity contribution in [2.24, 2.45) is 0 Å². The molecule has 0 radical (unpaired) electrons. The summed E-state index contributed by atoms with van der Waals surface area (Å²) in [7, 11) is 0. The molecule has 0 bridgehead atoms. The van der Waals surface area contributed by atoms with Crippen molar-refractivity contribution in [1.82, 2.24) is 20.2 Å². The lowest BCUT2D eigenvalue weighted by Crippen LogP contribution is -2.03. The fourth-order valence-electron chi connectivity index (χ4n) is 2.09. The summed E-state index contributed by atoms with van der Waals surface area (Å²) < 4.78 is 2.46. The number of benzene rings is 2. The smallest absolute Gasteiger partial charge is 0.187 e. The van der Waals surface area contributed by atoms with E-state index in [-0.39, 0.29) is 0 Å². The molecule has 0 aliphatic carbocycles. The van der Waals surface area contributed by atoms with Crippen LogP contribution in [0, 0.1) is 6.92 Å². The number of tetrazole rings is 1. The Balaban J connectivity index is 2.20. The largest absolute Gasteiger partial charge is 0.398 e. The molecule has 0 aliphatic heterocycles. The van der Waals surface area contributed by atoms with E-state index in [1.807, 2.05) is 43.3 Å². The van der Waals surface area contributed by atoms with Crippen LogP contribution in [0.5, 0.6) is 0 Å². The van der Waals surface area contributed by atoms with E-state index in [1.165, 1.54) is 0 Å². The van der Waals surface area contributed by atoms with Gasteiger partial charge in [-0.25, -0.2) is 0 Å². The van der Waals surface area contributed by atoms with Crippen LogP contribution >= 0.6 is 27.5 Å². The molecule has 5 nitrogen and oxygen atoms in total. The number of rotatable bonds is 2. The second-order valence-electron chi connectivity index (χ2n) is 4.56. The summed E-state index contributed by atoms with van der Waals surface area (Å²) in [6, 6.07) is 11.2. The van der Waals surface area contributed by atoms with Crippen molar-refractivity contribution in [1.29, 1.82) is 0 Å². The van der Waals surface area contributed by atoms with Gasteiger partial charge in [-0.05, 0) is 63.1 Å². The zero-order valence-electron chi connectivity index (χ0n) is 11.1. The minimum Gasteiger partial charge on any atom is -0.398 e. The second-order valence-corrected chi connectivity index (χ2v) is 5.82. The predicted octanol–water partition coefficient (Wildman–Crippen LogP) is 3.64. The first-order valence-corrected chi connectivity index (χ1v) is 7.34. The van der Waals surface area contributed by atoms with Gasteiger partial charge in [0.05, 0.1) is 10.7 Å². The predicted molar refractivity (Wildman–Crippen MR) is 86.4 cm³/mol. The van der Waals surface area contributed by atoms with E-state index in [2.05, 4.69) is 31.5 Å². The second kappa shape index (κ2) is 5.46. The number of nitrogen functional groups attached to an aromatic ring is 1. The molecule has 3 aromatic rings. The fourth-order valence-corrected chi connectivity index (χ4v) is 2.64. The Kier molecular flexibility index (Phi) is 3.65. The molecule has 1 aromatic heterocycles. The molecule has 0 amide bonds. The van der Waals surface area contributed by atoms with Crippen LogP contribution < -0.4 is 5.73 Å². The summed E-state index contributed by atoms with van der Waals surface area (Å²) in [6.07, 6.45) is 0. The molecule has 2 aromatic carbocycles. The van der Waals surface area contributed by atoms with Crippen LogP contribution in [-0.4, -0.2) is 20.2 Å². The highest BCUT2D eigenvalue weighted by Crippen LogP contribution is 2.30. The summed E-state index contributed by atoms with van der Waals surface area (Å²) in [5, 5.41) is 12.5. The molecule has 1 heterocycles.